The Bertz CT molecular complexity index is 350. The van der Waals surface area contributed by atoms with E-state index in [0.717, 1.165) is 5.56 Å². The quantitative estimate of drug-likeness (QED) is 0.590. The Morgan fingerprint density at radius 3 is 2.71 bits per heavy atom. The standard InChI is InChI=1S/C10H14N2O2/c1-7-4-3-5-9(8(2)6-11)10(7)12(13)14/h3-5,8H,6,11H2,1-2H3. The molecule has 1 aromatic carbocycles. The molecule has 1 rings (SSSR count). The second-order valence-corrected chi connectivity index (χ2v) is 3.41. The highest BCUT2D eigenvalue weighted by molar-refractivity contribution is 5.48. The molecule has 76 valence electrons. The second-order valence-electron chi connectivity index (χ2n) is 3.41. The number of nitrogens with two attached hydrogens (primary N) is 1. The molecule has 1 aromatic rings. The van der Waals surface area contributed by atoms with Gasteiger partial charge in [-0.05, 0) is 13.5 Å². The van der Waals surface area contributed by atoms with Crippen LogP contribution in [0.25, 0.3) is 0 Å². The molecule has 0 heterocycles. The summed E-state index contributed by atoms with van der Waals surface area (Å²) < 4.78 is 0. The lowest BCUT2D eigenvalue weighted by atomic mass is 9.97. The maximum Gasteiger partial charge on any atom is 0.275 e. The summed E-state index contributed by atoms with van der Waals surface area (Å²) in [7, 11) is 0. The molecular formula is C10H14N2O2. The first-order valence-electron chi connectivity index (χ1n) is 4.52. The van der Waals surface area contributed by atoms with Crippen molar-refractivity contribution < 1.29 is 4.92 Å². The fourth-order valence-electron chi connectivity index (χ4n) is 1.46. The first-order chi connectivity index (χ1) is 6.57. The van der Waals surface area contributed by atoms with Gasteiger partial charge in [0.25, 0.3) is 5.69 Å². The predicted molar refractivity (Wildman–Crippen MR) is 55.3 cm³/mol. The highest BCUT2D eigenvalue weighted by Crippen LogP contribution is 2.28. The van der Waals surface area contributed by atoms with Crippen molar-refractivity contribution in [3.8, 4) is 0 Å². The van der Waals surface area contributed by atoms with Crippen molar-refractivity contribution in [3.63, 3.8) is 0 Å². The molecule has 0 spiro atoms. The summed E-state index contributed by atoms with van der Waals surface area (Å²) in [6.45, 7) is 4.05. The topological polar surface area (TPSA) is 69.2 Å². The van der Waals surface area contributed by atoms with Crippen molar-refractivity contribution in [1.29, 1.82) is 0 Å². The highest BCUT2D eigenvalue weighted by Gasteiger charge is 2.19. The maximum atomic E-state index is 10.8. The Balaban J connectivity index is 3.28. The van der Waals surface area contributed by atoms with Crippen molar-refractivity contribution in [2.45, 2.75) is 19.8 Å². The van der Waals surface area contributed by atoms with Crippen LogP contribution in [0, 0.1) is 17.0 Å². The molecule has 0 radical (unpaired) electrons. The third-order valence-electron chi connectivity index (χ3n) is 2.34. The summed E-state index contributed by atoms with van der Waals surface area (Å²) in [6.07, 6.45) is 0. The number of aryl methyl sites for hydroxylation is 1. The molecule has 0 aliphatic rings. The Hall–Kier alpha value is -1.42. The van der Waals surface area contributed by atoms with Crippen LogP contribution in [0.5, 0.6) is 0 Å². The molecule has 0 bridgehead atoms. The number of hydrogen-bond acceptors (Lipinski definition) is 3. The summed E-state index contributed by atoms with van der Waals surface area (Å²) in [5.74, 6) is 0.0234. The van der Waals surface area contributed by atoms with E-state index < -0.39 is 0 Å². The monoisotopic (exact) mass is 194 g/mol. The van der Waals surface area contributed by atoms with Gasteiger partial charge in [0.15, 0.2) is 0 Å². The van der Waals surface area contributed by atoms with Crippen LogP contribution in [-0.4, -0.2) is 11.5 Å². The number of hydrogen-bond donors (Lipinski definition) is 1. The molecule has 14 heavy (non-hydrogen) atoms. The Kier molecular flexibility index (Phi) is 3.19. The fourth-order valence-corrected chi connectivity index (χ4v) is 1.46. The van der Waals surface area contributed by atoms with Crippen molar-refractivity contribution in [2.24, 2.45) is 5.73 Å². The van der Waals surface area contributed by atoms with Gasteiger partial charge < -0.3 is 5.73 Å². The van der Waals surface area contributed by atoms with Gasteiger partial charge in [0, 0.05) is 17.0 Å². The molecule has 0 aromatic heterocycles. The first kappa shape index (κ1) is 10.7. The minimum absolute atomic E-state index is 0.0234. The van der Waals surface area contributed by atoms with Crippen molar-refractivity contribution in [1.82, 2.24) is 0 Å². The van der Waals surface area contributed by atoms with Gasteiger partial charge in [-0.2, -0.15) is 0 Å². The predicted octanol–water partition coefficient (Wildman–Crippen LogP) is 1.97. The molecule has 4 heteroatoms. The average Bonchev–Trinajstić information content (AvgIpc) is 2.15. The largest absolute Gasteiger partial charge is 0.330 e. The maximum absolute atomic E-state index is 10.8. The number of nitrogens with zero attached hydrogens (tertiary/aromatic N) is 1. The zero-order valence-corrected chi connectivity index (χ0v) is 8.36. The van der Waals surface area contributed by atoms with Gasteiger partial charge in [0.1, 0.15) is 0 Å². The summed E-state index contributed by atoms with van der Waals surface area (Å²) >= 11 is 0. The van der Waals surface area contributed by atoms with Crippen LogP contribution < -0.4 is 5.73 Å². The van der Waals surface area contributed by atoms with Gasteiger partial charge in [0.2, 0.25) is 0 Å². The van der Waals surface area contributed by atoms with E-state index in [9.17, 15) is 10.1 Å². The number of rotatable bonds is 3. The SMILES string of the molecule is Cc1cccc(C(C)CN)c1[N+](=O)[O-]. The van der Waals surface area contributed by atoms with Crippen LogP contribution in [0.4, 0.5) is 5.69 Å². The zero-order valence-electron chi connectivity index (χ0n) is 8.36. The van der Waals surface area contributed by atoms with Crippen molar-refractivity contribution in [2.75, 3.05) is 6.54 Å². The van der Waals surface area contributed by atoms with E-state index in [0.29, 0.717) is 12.1 Å². The number of nitro groups is 1. The van der Waals surface area contributed by atoms with Gasteiger partial charge in [0.05, 0.1) is 4.92 Å². The lowest BCUT2D eigenvalue weighted by Gasteiger charge is -2.10. The van der Waals surface area contributed by atoms with Gasteiger partial charge in [-0.1, -0.05) is 25.1 Å². The minimum Gasteiger partial charge on any atom is -0.330 e. The molecule has 0 aliphatic heterocycles. The summed E-state index contributed by atoms with van der Waals surface area (Å²) in [5.41, 5.74) is 7.11. The van der Waals surface area contributed by atoms with Crippen molar-refractivity contribution in [3.05, 3.63) is 39.4 Å². The third-order valence-corrected chi connectivity index (χ3v) is 2.34. The summed E-state index contributed by atoms with van der Waals surface area (Å²) in [6, 6.07) is 5.33. The van der Waals surface area contributed by atoms with Gasteiger partial charge in [-0.25, -0.2) is 0 Å². The zero-order chi connectivity index (χ0) is 10.7. The van der Waals surface area contributed by atoms with E-state index in [1.54, 1.807) is 19.1 Å². The average molecular weight is 194 g/mol. The van der Waals surface area contributed by atoms with E-state index >= 15 is 0 Å². The molecule has 0 fully saturated rings. The number of benzene rings is 1. The van der Waals surface area contributed by atoms with Gasteiger partial charge >= 0.3 is 0 Å². The lowest BCUT2D eigenvalue weighted by Crippen LogP contribution is -2.11. The molecule has 0 aliphatic carbocycles. The van der Waals surface area contributed by atoms with E-state index in [1.807, 2.05) is 13.0 Å². The Morgan fingerprint density at radius 2 is 2.21 bits per heavy atom. The Morgan fingerprint density at radius 1 is 1.57 bits per heavy atom. The molecule has 0 saturated carbocycles. The van der Waals surface area contributed by atoms with Gasteiger partial charge in [-0.15, -0.1) is 0 Å². The summed E-state index contributed by atoms with van der Waals surface area (Å²) in [4.78, 5) is 10.5. The number of para-hydroxylation sites is 1. The number of nitro benzene ring substituents is 1. The molecule has 4 nitrogen and oxygen atoms in total. The van der Waals surface area contributed by atoms with Crippen LogP contribution >= 0.6 is 0 Å². The van der Waals surface area contributed by atoms with Crippen LogP contribution in [-0.2, 0) is 0 Å². The third kappa shape index (κ3) is 1.90. The molecule has 2 N–H and O–H groups in total. The molecular weight excluding hydrogens is 180 g/mol. The molecule has 1 unspecified atom stereocenters. The molecule has 0 saturated heterocycles. The van der Waals surface area contributed by atoms with E-state index in [4.69, 9.17) is 5.73 Å². The second kappa shape index (κ2) is 4.19. The van der Waals surface area contributed by atoms with Crippen LogP contribution in [0.1, 0.15) is 24.0 Å². The molecule has 1 atom stereocenters. The van der Waals surface area contributed by atoms with Crippen LogP contribution in [0.3, 0.4) is 0 Å². The molecule has 0 amide bonds. The van der Waals surface area contributed by atoms with Crippen LogP contribution in [0.2, 0.25) is 0 Å². The van der Waals surface area contributed by atoms with Crippen molar-refractivity contribution >= 4 is 5.69 Å². The van der Waals surface area contributed by atoms with Gasteiger partial charge in [-0.3, -0.25) is 10.1 Å². The first-order valence-corrected chi connectivity index (χ1v) is 4.52. The van der Waals surface area contributed by atoms with E-state index in [2.05, 4.69) is 0 Å². The normalized spacial score (nSPS) is 12.5. The van der Waals surface area contributed by atoms with Crippen LogP contribution in [0.15, 0.2) is 18.2 Å². The highest BCUT2D eigenvalue weighted by atomic mass is 16.6. The lowest BCUT2D eigenvalue weighted by molar-refractivity contribution is -0.386. The van der Waals surface area contributed by atoms with E-state index in [-0.39, 0.29) is 16.5 Å². The smallest absolute Gasteiger partial charge is 0.275 e. The summed E-state index contributed by atoms with van der Waals surface area (Å²) in [5, 5.41) is 10.8. The van der Waals surface area contributed by atoms with E-state index in [1.165, 1.54) is 0 Å². The fraction of sp³-hybridized carbons (Fsp3) is 0.400. The Labute approximate surface area is 82.9 Å². The minimum atomic E-state index is -0.336.